The Morgan fingerprint density at radius 2 is 1.02 bits per heavy atom. The van der Waals surface area contributed by atoms with Crippen LogP contribution in [0.5, 0.6) is 0 Å². The molecular formula is C40H68O4. The van der Waals surface area contributed by atoms with Gasteiger partial charge >= 0.3 is 5.97 Å². The van der Waals surface area contributed by atoms with Gasteiger partial charge in [0.1, 0.15) is 6.10 Å². The average Bonchev–Trinajstić information content (AvgIpc) is 3.03. The first-order valence-corrected chi connectivity index (χ1v) is 18.0. The summed E-state index contributed by atoms with van der Waals surface area (Å²) < 4.78 is 11.1. The summed E-state index contributed by atoms with van der Waals surface area (Å²) >= 11 is 0. The van der Waals surface area contributed by atoms with Crippen molar-refractivity contribution >= 4 is 5.97 Å². The summed E-state index contributed by atoms with van der Waals surface area (Å²) in [5.74, 6) is -0.222. The third-order valence-electron chi connectivity index (χ3n) is 7.25. The number of unbranched alkanes of at least 4 members (excludes halogenated alkanes) is 12. The highest BCUT2D eigenvalue weighted by Crippen LogP contribution is 2.10. The fourth-order valence-corrected chi connectivity index (χ4v) is 4.59. The van der Waals surface area contributed by atoms with Crippen molar-refractivity contribution in [3.8, 4) is 0 Å². The fraction of sp³-hybridized carbons (Fsp3) is 0.675. The summed E-state index contributed by atoms with van der Waals surface area (Å²) in [6.07, 6.45) is 49.4. The van der Waals surface area contributed by atoms with E-state index in [-0.39, 0.29) is 19.2 Å². The molecular weight excluding hydrogens is 544 g/mol. The van der Waals surface area contributed by atoms with Crippen LogP contribution >= 0.6 is 0 Å². The summed E-state index contributed by atoms with van der Waals surface area (Å²) in [5.41, 5.74) is 0. The van der Waals surface area contributed by atoms with Gasteiger partial charge in [-0.3, -0.25) is 4.79 Å². The lowest BCUT2D eigenvalue weighted by Gasteiger charge is -2.15. The molecule has 0 saturated carbocycles. The van der Waals surface area contributed by atoms with Crippen molar-refractivity contribution in [1.29, 1.82) is 0 Å². The number of aliphatic hydroxyl groups is 1. The topological polar surface area (TPSA) is 55.8 Å². The molecule has 0 rings (SSSR count). The maximum absolute atomic E-state index is 12.1. The molecule has 0 aromatic heterocycles. The summed E-state index contributed by atoms with van der Waals surface area (Å²) in [6, 6.07) is 0. The van der Waals surface area contributed by atoms with E-state index >= 15 is 0 Å². The number of carbonyl (C=O) groups is 1. The van der Waals surface area contributed by atoms with Gasteiger partial charge in [-0.15, -0.1) is 0 Å². The zero-order valence-electron chi connectivity index (χ0n) is 28.6. The standard InChI is InChI=1S/C40H68O4/c1-3-5-7-9-11-13-15-16-17-18-19-20-21-22-23-24-25-26-28-30-32-34-36-43-38-39(37-41)44-40(42)35-33-31-29-27-14-12-10-8-6-4-2/h5,7-8,10-11,13,16-17,19-20,22-23,39,41H,3-4,6,9,12,14-15,18,21,24-38H2,1-2H3/b7-5-,10-8-,13-11-,17-16-,20-19-,23-22-. The minimum absolute atomic E-state index is 0.185. The Bertz CT molecular complexity index is 774. The molecule has 0 aromatic rings. The number of rotatable bonds is 32. The first kappa shape index (κ1) is 41.8. The van der Waals surface area contributed by atoms with Crippen LogP contribution in [0.3, 0.4) is 0 Å². The molecule has 0 aliphatic heterocycles. The van der Waals surface area contributed by atoms with Gasteiger partial charge in [-0.05, 0) is 77.0 Å². The molecule has 1 N–H and O–H groups in total. The van der Waals surface area contributed by atoms with Gasteiger partial charge in [-0.25, -0.2) is 0 Å². The molecule has 0 fully saturated rings. The second-order valence-electron chi connectivity index (χ2n) is 11.6. The SMILES string of the molecule is CC/C=C\C/C=C\C/C=C\C/C=C\C/C=C\CCCCCCCCOCC(CO)OC(=O)CCCCCCC/C=C\CCC. The molecule has 0 bridgehead atoms. The second-order valence-corrected chi connectivity index (χ2v) is 11.6. The predicted molar refractivity (Wildman–Crippen MR) is 191 cm³/mol. The van der Waals surface area contributed by atoms with Gasteiger partial charge in [0.25, 0.3) is 0 Å². The normalized spacial score (nSPS) is 13.2. The zero-order valence-corrected chi connectivity index (χ0v) is 28.6. The van der Waals surface area contributed by atoms with E-state index in [0.29, 0.717) is 13.0 Å². The smallest absolute Gasteiger partial charge is 0.306 e. The third-order valence-corrected chi connectivity index (χ3v) is 7.25. The van der Waals surface area contributed by atoms with Crippen LogP contribution in [-0.4, -0.2) is 37.0 Å². The van der Waals surface area contributed by atoms with Crippen molar-refractivity contribution in [3.63, 3.8) is 0 Å². The van der Waals surface area contributed by atoms with Gasteiger partial charge in [0, 0.05) is 13.0 Å². The van der Waals surface area contributed by atoms with E-state index in [1.807, 2.05) is 0 Å². The summed E-state index contributed by atoms with van der Waals surface area (Å²) in [6.45, 7) is 5.11. The van der Waals surface area contributed by atoms with E-state index in [9.17, 15) is 9.90 Å². The summed E-state index contributed by atoms with van der Waals surface area (Å²) in [5, 5.41) is 9.53. The number of allylic oxidation sites excluding steroid dienone is 12. The lowest BCUT2D eigenvalue weighted by Crippen LogP contribution is -2.27. The van der Waals surface area contributed by atoms with Crippen LogP contribution < -0.4 is 0 Å². The van der Waals surface area contributed by atoms with E-state index in [1.54, 1.807) is 0 Å². The van der Waals surface area contributed by atoms with E-state index in [2.05, 4.69) is 86.8 Å². The molecule has 4 heteroatoms. The summed E-state index contributed by atoms with van der Waals surface area (Å²) in [4.78, 5) is 12.1. The molecule has 0 amide bonds. The van der Waals surface area contributed by atoms with Crippen LogP contribution in [0.2, 0.25) is 0 Å². The van der Waals surface area contributed by atoms with Gasteiger partial charge < -0.3 is 14.6 Å². The van der Waals surface area contributed by atoms with Crippen molar-refractivity contribution in [2.75, 3.05) is 19.8 Å². The lowest BCUT2D eigenvalue weighted by molar-refractivity contribution is -0.154. The maximum Gasteiger partial charge on any atom is 0.306 e. The van der Waals surface area contributed by atoms with E-state index in [0.717, 1.165) is 77.0 Å². The molecule has 0 aliphatic rings. The minimum Gasteiger partial charge on any atom is -0.457 e. The van der Waals surface area contributed by atoms with Crippen LogP contribution in [0, 0.1) is 0 Å². The highest BCUT2D eigenvalue weighted by Gasteiger charge is 2.13. The Morgan fingerprint density at radius 3 is 1.57 bits per heavy atom. The number of aliphatic hydroxyl groups excluding tert-OH is 1. The molecule has 0 heterocycles. The largest absolute Gasteiger partial charge is 0.457 e. The highest BCUT2D eigenvalue weighted by molar-refractivity contribution is 5.69. The lowest BCUT2D eigenvalue weighted by atomic mass is 10.1. The van der Waals surface area contributed by atoms with Crippen LogP contribution in [0.1, 0.15) is 149 Å². The molecule has 252 valence electrons. The molecule has 4 nitrogen and oxygen atoms in total. The molecule has 1 unspecified atom stereocenters. The average molecular weight is 613 g/mol. The van der Waals surface area contributed by atoms with E-state index < -0.39 is 6.10 Å². The molecule has 0 spiro atoms. The molecule has 0 saturated heterocycles. The van der Waals surface area contributed by atoms with Crippen molar-refractivity contribution in [2.24, 2.45) is 0 Å². The molecule has 44 heavy (non-hydrogen) atoms. The quantitative estimate of drug-likeness (QED) is 0.0466. The highest BCUT2D eigenvalue weighted by atomic mass is 16.6. The Hall–Kier alpha value is -2.17. The Kier molecular flexibility index (Phi) is 35.2. The molecule has 0 aromatic carbocycles. The van der Waals surface area contributed by atoms with Crippen molar-refractivity contribution < 1.29 is 19.4 Å². The Balaban J connectivity index is 3.52. The predicted octanol–water partition coefficient (Wildman–Crippen LogP) is 11.5. The van der Waals surface area contributed by atoms with Gasteiger partial charge in [0.2, 0.25) is 0 Å². The Morgan fingerprint density at radius 1 is 0.568 bits per heavy atom. The summed E-state index contributed by atoms with van der Waals surface area (Å²) in [7, 11) is 0. The maximum atomic E-state index is 12.1. The van der Waals surface area contributed by atoms with E-state index in [1.165, 1.54) is 51.4 Å². The van der Waals surface area contributed by atoms with Crippen LogP contribution in [0.4, 0.5) is 0 Å². The zero-order chi connectivity index (χ0) is 32.0. The van der Waals surface area contributed by atoms with Crippen molar-refractivity contribution in [2.45, 2.75) is 155 Å². The number of hydrogen-bond donors (Lipinski definition) is 1. The van der Waals surface area contributed by atoms with Gasteiger partial charge in [0.15, 0.2) is 0 Å². The monoisotopic (exact) mass is 613 g/mol. The minimum atomic E-state index is -0.548. The second kappa shape index (κ2) is 37.0. The van der Waals surface area contributed by atoms with Gasteiger partial charge in [-0.1, -0.05) is 138 Å². The van der Waals surface area contributed by atoms with Gasteiger partial charge in [0.05, 0.1) is 13.2 Å². The number of esters is 1. The molecule has 0 radical (unpaired) electrons. The first-order valence-electron chi connectivity index (χ1n) is 18.0. The first-order chi connectivity index (χ1) is 21.7. The molecule has 1 atom stereocenters. The van der Waals surface area contributed by atoms with Crippen LogP contribution in [0.15, 0.2) is 72.9 Å². The van der Waals surface area contributed by atoms with Crippen molar-refractivity contribution in [1.82, 2.24) is 0 Å². The van der Waals surface area contributed by atoms with Crippen LogP contribution in [0.25, 0.3) is 0 Å². The van der Waals surface area contributed by atoms with Crippen molar-refractivity contribution in [3.05, 3.63) is 72.9 Å². The number of hydrogen-bond acceptors (Lipinski definition) is 4. The fourth-order valence-electron chi connectivity index (χ4n) is 4.59. The van der Waals surface area contributed by atoms with Gasteiger partial charge in [-0.2, -0.15) is 0 Å². The molecule has 0 aliphatic carbocycles. The number of ether oxygens (including phenoxy) is 2. The third kappa shape index (κ3) is 34.3. The van der Waals surface area contributed by atoms with E-state index in [4.69, 9.17) is 9.47 Å². The van der Waals surface area contributed by atoms with Crippen LogP contribution in [-0.2, 0) is 14.3 Å². The number of carbonyl (C=O) groups excluding carboxylic acids is 1. The Labute approximate surface area is 272 Å².